The summed E-state index contributed by atoms with van der Waals surface area (Å²) in [5.41, 5.74) is 2.13. The lowest BCUT2D eigenvalue weighted by molar-refractivity contribution is 0.357. The van der Waals surface area contributed by atoms with Crippen LogP contribution >= 0.6 is 0 Å². The summed E-state index contributed by atoms with van der Waals surface area (Å²) in [4.78, 5) is 4.24. The molecule has 56 valence electrons. The van der Waals surface area contributed by atoms with Crippen LogP contribution in [0.25, 0.3) is 0 Å². The average molecular weight is 139 g/mol. The van der Waals surface area contributed by atoms with Gasteiger partial charge >= 0.3 is 0 Å². The van der Waals surface area contributed by atoms with E-state index in [0.717, 1.165) is 12.1 Å². The molecule has 0 bridgehead atoms. The molecule has 1 rings (SSSR count). The smallest absolute Gasteiger partial charge is 0.0848 e. The maximum atomic E-state index is 8.75. The number of hydrogen-bond donors (Lipinski definition) is 1. The van der Waals surface area contributed by atoms with Crippen LogP contribution in [0.4, 0.5) is 0 Å². The topological polar surface area (TPSA) is 32.6 Å². The summed E-state index contributed by atoms with van der Waals surface area (Å²) in [6.45, 7) is 4.20. The summed E-state index contributed by atoms with van der Waals surface area (Å²) in [5, 5.41) is 8.75. The van der Waals surface area contributed by atoms with Gasteiger partial charge in [0.15, 0.2) is 0 Å². The van der Waals surface area contributed by atoms with Gasteiger partial charge in [-0.1, -0.05) is 5.57 Å². The summed E-state index contributed by atoms with van der Waals surface area (Å²) in [7, 11) is 0. The van der Waals surface area contributed by atoms with E-state index in [0.29, 0.717) is 6.04 Å². The molecule has 0 fully saturated rings. The zero-order chi connectivity index (χ0) is 7.56. The number of dihydropyridines is 1. The van der Waals surface area contributed by atoms with Crippen LogP contribution < -0.4 is 0 Å². The van der Waals surface area contributed by atoms with E-state index in [9.17, 15) is 0 Å². The minimum Gasteiger partial charge on any atom is -0.390 e. The van der Waals surface area contributed by atoms with Crippen LogP contribution in [0.5, 0.6) is 0 Å². The summed E-state index contributed by atoms with van der Waals surface area (Å²) in [6.07, 6.45) is 2.99. The molecule has 0 aromatic rings. The fraction of sp³-hybridized carbons (Fsp3) is 0.625. The van der Waals surface area contributed by atoms with Gasteiger partial charge in [-0.05, 0) is 26.3 Å². The van der Waals surface area contributed by atoms with Gasteiger partial charge in [-0.25, -0.2) is 0 Å². The Morgan fingerprint density at radius 2 is 2.50 bits per heavy atom. The third-order valence-corrected chi connectivity index (χ3v) is 1.58. The van der Waals surface area contributed by atoms with Gasteiger partial charge in [-0.15, -0.1) is 0 Å². The molecule has 0 radical (unpaired) electrons. The van der Waals surface area contributed by atoms with Crippen LogP contribution in [-0.2, 0) is 0 Å². The molecule has 0 saturated heterocycles. The highest BCUT2D eigenvalue weighted by molar-refractivity contribution is 5.97. The van der Waals surface area contributed by atoms with Crippen LogP contribution in [0.2, 0.25) is 0 Å². The normalized spacial score (nSPS) is 25.7. The van der Waals surface area contributed by atoms with Gasteiger partial charge < -0.3 is 5.11 Å². The lowest BCUT2D eigenvalue weighted by Crippen LogP contribution is -2.13. The number of rotatable bonds is 1. The molecule has 0 saturated carbocycles. The lowest BCUT2D eigenvalue weighted by atomic mass is 10.0. The Bertz CT molecular complexity index is 182. The molecule has 0 amide bonds. The predicted molar refractivity (Wildman–Crippen MR) is 42.4 cm³/mol. The average Bonchev–Trinajstić information content (AvgIpc) is 1.85. The van der Waals surface area contributed by atoms with Crippen molar-refractivity contribution in [1.29, 1.82) is 0 Å². The second-order valence-electron chi connectivity index (χ2n) is 2.82. The number of aliphatic hydroxyl groups excluding tert-OH is 1. The number of aliphatic hydroxyl groups is 1. The molecule has 0 aromatic carbocycles. The number of nitrogens with zero attached hydrogens (tertiary/aromatic N) is 1. The largest absolute Gasteiger partial charge is 0.390 e. The van der Waals surface area contributed by atoms with Crippen LogP contribution in [0, 0.1) is 0 Å². The molecule has 0 spiro atoms. The van der Waals surface area contributed by atoms with Gasteiger partial charge in [0.05, 0.1) is 18.4 Å². The fourth-order valence-corrected chi connectivity index (χ4v) is 1.26. The molecule has 2 nitrogen and oxygen atoms in total. The Morgan fingerprint density at radius 1 is 1.80 bits per heavy atom. The van der Waals surface area contributed by atoms with Crippen LogP contribution in [0.15, 0.2) is 16.6 Å². The Kier molecular flexibility index (Phi) is 2.22. The monoisotopic (exact) mass is 139 g/mol. The van der Waals surface area contributed by atoms with Crippen molar-refractivity contribution in [2.75, 3.05) is 6.61 Å². The van der Waals surface area contributed by atoms with Crippen LogP contribution in [-0.4, -0.2) is 23.5 Å². The molecule has 0 aliphatic carbocycles. The molecule has 1 atom stereocenters. The standard InChI is InChI=1S/C8H13NO/c1-6-3-7(2)9-8(4-6)5-10/h4,7,10H,3,5H2,1-2H3. The molecule has 0 aromatic heterocycles. The lowest BCUT2D eigenvalue weighted by Gasteiger charge is -2.13. The first kappa shape index (κ1) is 7.48. The maximum Gasteiger partial charge on any atom is 0.0848 e. The van der Waals surface area contributed by atoms with E-state index in [1.165, 1.54) is 5.57 Å². The zero-order valence-electron chi connectivity index (χ0n) is 6.46. The molecule has 2 heteroatoms. The molecule has 1 heterocycles. The quantitative estimate of drug-likeness (QED) is 0.581. The van der Waals surface area contributed by atoms with Gasteiger partial charge in [0, 0.05) is 0 Å². The van der Waals surface area contributed by atoms with Crippen molar-refractivity contribution < 1.29 is 5.11 Å². The first-order chi connectivity index (χ1) is 4.72. The molecule has 1 unspecified atom stereocenters. The minimum atomic E-state index is 0.0711. The van der Waals surface area contributed by atoms with Gasteiger partial charge in [-0.3, -0.25) is 4.99 Å². The molecular weight excluding hydrogens is 126 g/mol. The van der Waals surface area contributed by atoms with Crippen molar-refractivity contribution in [3.8, 4) is 0 Å². The number of hydrogen-bond acceptors (Lipinski definition) is 2. The van der Waals surface area contributed by atoms with E-state index < -0.39 is 0 Å². The second kappa shape index (κ2) is 2.97. The van der Waals surface area contributed by atoms with Crippen molar-refractivity contribution >= 4 is 5.71 Å². The Labute approximate surface area is 61.3 Å². The summed E-state index contributed by atoms with van der Waals surface area (Å²) >= 11 is 0. The maximum absolute atomic E-state index is 8.75. The van der Waals surface area contributed by atoms with E-state index in [4.69, 9.17) is 5.11 Å². The van der Waals surface area contributed by atoms with Crippen molar-refractivity contribution in [3.63, 3.8) is 0 Å². The first-order valence-electron chi connectivity index (χ1n) is 3.57. The van der Waals surface area contributed by atoms with Crippen molar-refractivity contribution in [3.05, 3.63) is 11.6 Å². The second-order valence-corrected chi connectivity index (χ2v) is 2.82. The molecule has 1 N–H and O–H groups in total. The Hall–Kier alpha value is -0.630. The summed E-state index contributed by atoms with van der Waals surface area (Å²) < 4.78 is 0. The van der Waals surface area contributed by atoms with Crippen molar-refractivity contribution in [1.82, 2.24) is 0 Å². The summed E-state index contributed by atoms with van der Waals surface area (Å²) in [6, 6.07) is 0.354. The fourth-order valence-electron chi connectivity index (χ4n) is 1.26. The van der Waals surface area contributed by atoms with Crippen LogP contribution in [0.3, 0.4) is 0 Å². The van der Waals surface area contributed by atoms with Gasteiger partial charge in [0.1, 0.15) is 0 Å². The molecule has 1 aliphatic heterocycles. The van der Waals surface area contributed by atoms with Gasteiger partial charge in [0.25, 0.3) is 0 Å². The molecule has 10 heavy (non-hydrogen) atoms. The highest BCUT2D eigenvalue weighted by atomic mass is 16.3. The Morgan fingerprint density at radius 3 is 3.00 bits per heavy atom. The predicted octanol–water partition coefficient (Wildman–Crippen LogP) is 1.16. The Balaban J connectivity index is 2.72. The van der Waals surface area contributed by atoms with Gasteiger partial charge in [-0.2, -0.15) is 0 Å². The third kappa shape index (κ3) is 1.67. The van der Waals surface area contributed by atoms with Gasteiger partial charge in [0.2, 0.25) is 0 Å². The highest BCUT2D eigenvalue weighted by Gasteiger charge is 2.07. The van der Waals surface area contributed by atoms with Crippen LogP contribution in [0.1, 0.15) is 20.3 Å². The minimum absolute atomic E-state index is 0.0711. The van der Waals surface area contributed by atoms with Crippen molar-refractivity contribution in [2.45, 2.75) is 26.3 Å². The SMILES string of the molecule is CC1=CC(CO)=NC(C)C1. The highest BCUT2D eigenvalue weighted by Crippen LogP contribution is 2.12. The van der Waals surface area contributed by atoms with E-state index in [1.54, 1.807) is 0 Å². The molecule has 1 aliphatic rings. The van der Waals surface area contributed by atoms with E-state index in [2.05, 4.69) is 18.8 Å². The first-order valence-corrected chi connectivity index (χ1v) is 3.57. The van der Waals surface area contributed by atoms with E-state index in [-0.39, 0.29) is 6.61 Å². The summed E-state index contributed by atoms with van der Waals surface area (Å²) in [5.74, 6) is 0. The van der Waals surface area contributed by atoms with E-state index >= 15 is 0 Å². The van der Waals surface area contributed by atoms with E-state index in [1.807, 2.05) is 6.08 Å². The number of aliphatic imine (C=N–C) groups is 1. The molecular formula is C8H13NO. The zero-order valence-corrected chi connectivity index (χ0v) is 6.46. The van der Waals surface area contributed by atoms with Crippen molar-refractivity contribution in [2.24, 2.45) is 4.99 Å². The third-order valence-electron chi connectivity index (χ3n) is 1.58.